The molecular formula is C65H78N2. The van der Waals surface area contributed by atoms with Crippen molar-refractivity contribution in [1.29, 1.82) is 0 Å². The highest BCUT2D eigenvalue weighted by molar-refractivity contribution is 6.23. The zero-order valence-corrected chi connectivity index (χ0v) is 42.6. The second-order valence-electron chi connectivity index (χ2n) is 22.6. The van der Waals surface area contributed by atoms with Crippen molar-refractivity contribution in [3.63, 3.8) is 0 Å². The molecule has 348 valence electrons. The molecule has 9 rings (SSSR count). The predicted molar refractivity (Wildman–Crippen MR) is 293 cm³/mol. The summed E-state index contributed by atoms with van der Waals surface area (Å²) in [6, 6.07) is 53.3. The van der Waals surface area contributed by atoms with Gasteiger partial charge < -0.3 is 9.80 Å². The van der Waals surface area contributed by atoms with Gasteiger partial charge in [-0.1, -0.05) is 181 Å². The SMILES string of the molecule is CC(C)c1ccc(N(c2ccc(C3CCCCC3)cc2)c2c3ccc(C(C)(C)C)cc3c(N(c3ccc(C(C)C)cc3)c3ccc(C4CCCCC4)cc3)c3ccc(C(C)C(C)C)cc23)cc1. The summed E-state index contributed by atoms with van der Waals surface area (Å²) in [6.45, 7) is 23.4. The van der Waals surface area contributed by atoms with Crippen LogP contribution in [0.15, 0.2) is 133 Å². The average Bonchev–Trinajstić information content (AvgIpc) is 3.35. The average molecular weight is 887 g/mol. The second-order valence-corrected chi connectivity index (χ2v) is 22.6. The quantitative estimate of drug-likeness (QED) is 0.0891. The van der Waals surface area contributed by atoms with Gasteiger partial charge in [0.2, 0.25) is 0 Å². The summed E-state index contributed by atoms with van der Waals surface area (Å²) in [7, 11) is 0. The third kappa shape index (κ3) is 9.70. The van der Waals surface area contributed by atoms with Crippen molar-refractivity contribution in [2.24, 2.45) is 5.92 Å². The van der Waals surface area contributed by atoms with E-state index in [1.54, 1.807) is 0 Å². The largest absolute Gasteiger partial charge is 0.309 e. The summed E-state index contributed by atoms with van der Waals surface area (Å²) in [5.74, 6) is 3.09. The Kier molecular flexibility index (Phi) is 13.8. The van der Waals surface area contributed by atoms with Crippen LogP contribution in [-0.4, -0.2) is 0 Å². The molecule has 0 N–H and O–H groups in total. The van der Waals surface area contributed by atoms with E-state index in [0.717, 1.165) is 0 Å². The van der Waals surface area contributed by atoms with Gasteiger partial charge in [0.1, 0.15) is 0 Å². The normalized spacial score (nSPS) is 15.8. The summed E-state index contributed by atoms with van der Waals surface area (Å²) in [4.78, 5) is 5.20. The number of rotatable bonds is 12. The zero-order valence-electron chi connectivity index (χ0n) is 42.6. The molecule has 2 aliphatic rings. The highest BCUT2D eigenvalue weighted by Crippen LogP contribution is 2.53. The fourth-order valence-electron chi connectivity index (χ4n) is 11.3. The van der Waals surface area contributed by atoms with Crippen molar-refractivity contribution < 1.29 is 0 Å². The topological polar surface area (TPSA) is 6.48 Å². The van der Waals surface area contributed by atoms with Gasteiger partial charge in [-0.2, -0.15) is 0 Å². The van der Waals surface area contributed by atoms with E-state index in [-0.39, 0.29) is 5.41 Å². The molecular weight excluding hydrogens is 809 g/mol. The molecule has 2 nitrogen and oxygen atoms in total. The van der Waals surface area contributed by atoms with Gasteiger partial charge in [-0.25, -0.2) is 0 Å². The Morgan fingerprint density at radius 2 is 0.746 bits per heavy atom. The minimum absolute atomic E-state index is 0.0518. The predicted octanol–water partition coefficient (Wildman–Crippen LogP) is 20.3. The highest BCUT2D eigenvalue weighted by Gasteiger charge is 2.29. The lowest BCUT2D eigenvalue weighted by Gasteiger charge is -2.34. The molecule has 0 spiro atoms. The van der Waals surface area contributed by atoms with Gasteiger partial charge >= 0.3 is 0 Å². The molecule has 0 amide bonds. The standard InChI is InChI=1S/C65H78N2/c1-43(2)46(7)53-29-39-59-61(41-53)63(66(55-31-21-47(22-32-55)44(3)4)57-35-25-51(26-36-57)49-17-13-11-14-18-49)60-40-30-54(65(8,9)10)42-62(60)64(59)67(56-33-23-48(24-34-56)45(5)6)58-37-27-52(28-38-58)50-19-15-12-16-20-50/h21-46,49-50H,11-20H2,1-10H3. The van der Waals surface area contributed by atoms with Crippen molar-refractivity contribution in [2.45, 2.75) is 168 Å². The van der Waals surface area contributed by atoms with Gasteiger partial charge in [-0.3, -0.25) is 0 Å². The summed E-state index contributed by atoms with van der Waals surface area (Å²) in [6.07, 6.45) is 13.3. The van der Waals surface area contributed by atoms with Gasteiger partial charge in [0, 0.05) is 44.3 Å². The van der Waals surface area contributed by atoms with Gasteiger partial charge in [0.15, 0.2) is 0 Å². The Balaban J connectivity index is 1.38. The van der Waals surface area contributed by atoms with Crippen LogP contribution in [-0.2, 0) is 5.41 Å². The van der Waals surface area contributed by atoms with Crippen LogP contribution in [0.25, 0.3) is 21.5 Å². The van der Waals surface area contributed by atoms with E-state index >= 15 is 0 Å². The number of hydrogen-bond donors (Lipinski definition) is 0. The first-order chi connectivity index (χ1) is 32.3. The van der Waals surface area contributed by atoms with Crippen LogP contribution in [0.5, 0.6) is 0 Å². The van der Waals surface area contributed by atoms with Crippen molar-refractivity contribution in [2.75, 3.05) is 9.80 Å². The molecule has 7 aromatic carbocycles. The van der Waals surface area contributed by atoms with Gasteiger partial charge in [-0.05, 0) is 161 Å². The van der Waals surface area contributed by atoms with Gasteiger partial charge in [0.05, 0.1) is 11.4 Å². The number of nitrogens with zero attached hydrogens (tertiary/aromatic N) is 2. The van der Waals surface area contributed by atoms with E-state index in [0.29, 0.717) is 35.5 Å². The lowest BCUT2D eigenvalue weighted by atomic mass is 9.83. The minimum Gasteiger partial charge on any atom is -0.309 e. The molecule has 2 saturated carbocycles. The Labute approximate surface area is 404 Å². The molecule has 0 bridgehead atoms. The number of anilines is 6. The lowest BCUT2D eigenvalue weighted by molar-refractivity contribution is 0.443. The first-order valence-electron chi connectivity index (χ1n) is 26.3. The molecule has 2 aliphatic carbocycles. The molecule has 0 aromatic heterocycles. The molecule has 0 aliphatic heterocycles. The molecule has 67 heavy (non-hydrogen) atoms. The van der Waals surface area contributed by atoms with Crippen LogP contribution in [0.3, 0.4) is 0 Å². The lowest BCUT2D eigenvalue weighted by Crippen LogP contribution is -2.16. The maximum atomic E-state index is 2.60. The molecule has 0 saturated heterocycles. The summed E-state index contributed by atoms with van der Waals surface area (Å²) in [5.41, 5.74) is 15.6. The van der Waals surface area contributed by atoms with Crippen molar-refractivity contribution >= 4 is 55.7 Å². The molecule has 2 fully saturated rings. The fraction of sp³-hybridized carbons (Fsp3) is 0.415. The van der Waals surface area contributed by atoms with Crippen molar-refractivity contribution in [3.8, 4) is 0 Å². The Hall–Kier alpha value is -5.34. The molecule has 0 heterocycles. The van der Waals surface area contributed by atoms with Crippen molar-refractivity contribution in [3.05, 3.63) is 167 Å². The molecule has 7 aromatic rings. The van der Waals surface area contributed by atoms with E-state index in [2.05, 4.69) is 212 Å². The van der Waals surface area contributed by atoms with E-state index < -0.39 is 0 Å². The summed E-state index contributed by atoms with van der Waals surface area (Å²) >= 11 is 0. The molecule has 1 unspecified atom stereocenters. The smallest absolute Gasteiger partial charge is 0.0620 e. The third-order valence-electron chi connectivity index (χ3n) is 16.0. The van der Waals surface area contributed by atoms with Crippen molar-refractivity contribution in [1.82, 2.24) is 0 Å². The first-order valence-corrected chi connectivity index (χ1v) is 26.3. The number of hydrogen-bond acceptors (Lipinski definition) is 2. The monoisotopic (exact) mass is 887 g/mol. The molecule has 1 atom stereocenters. The van der Waals surface area contributed by atoms with Gasteiger partial charge in [0.25, 0.3) is 0 Å². The fourth-order valence-corrected chi connectivity index (χ4v) is 11.3. The van der Waals surface area contributed by atoms with E-state index in [1.165, 1.54) is 153 Å². The highest BCUT2D eigenvalue weighted by atomic mass is 15.2. The minimum atomic E-state index is -0.0518. The van der Waals surface area contributed by atoms with E-state index in [1.807, 2.05) is 0 Å². The summed E-state index contributed by atoms with van der Waals surface area (Å²) in [5, 5.41) is 5.08. The molecule has 0 radical (unpaired) electrons. The molecule has 2 heteroatoms. The Bertz CT molecular complexity index is 2750. The van der Waals surface area contributed by atoms with E-state index in [4.69, 9.17) is 0 Å². The number of fused-ring (bicyclic) bond motifs is 2. The third-order valence-corrected chi connectivity index (χ3v) is 16.0. The first kappa shape index (κ1) is 46.8. The van der Waals surface area contributed by atoms with Crippen LogP contribution in [0, 0.1) is 5.92 Å². The van der Waals surface area contributed by atoms with Gasteiger partial charge in [-0.15, -0.1) is 0 Å². The Morgan fingerprint density at radius 3 is 1.12 bits per heavy atom. The zero-order chi connectivity index (χ0) is 47.0. The maximum absolute atomic E-state index is 2.60. The maximum Gasteiger partial charge on any atom is 0.0620 e. The van der Waals surface area contributed by atoms with Crippen LogP contribution < -0.4 is 9.80 Å². The van der Waals surface area contributed by atoms with E-state index in [9.17, 15) is 0 Å². The van der Waals surface area contributed by atoms with Crippen LogP contribution in [0.2, 0.25) is 0 Å². The number of benzene rings is 7. The van der Waals surface area contributed by atoms with Crippen LogP contribution in [0.1, 0.15) is 196 Å². The van der Waals surface area contributed by atoms with Crippen LogP contribution in [0.4, 0.5) is 34.1 Å². The Morgan fingerprint density at radius 1 is 0.388 bits per heavy atom. The summed E-state index contributed by atoms with van der Waals surface area (Å²) < 4.78 is 0. The second kappa shape index (κ2) is 19.7. The van der Waals surface area contributed by atoms with Crippen LogP contribution >= 0.6 is 0 Å².